The zero-order chi connectivity index (χ0) is 20.0. The standard InChI is InChI=1S/C24H19ClN2O2/c25-16-7-5-8-17(14-16)26-23(28)21-19-10-3-4-11-20(19)24(29)27-13-12-15-6-1-2-9-18(15)22(21)27/h1-11,14,21-22H,12-13H2,(H,26,28). The Labute approximate surface area is 174 Å². The highest BCUT2D eigenvalue weighted by molar-refractivity contribution is 6.30. The topological polar surface area (TPSA) is 49.4 Å². The van der Waals surface area contributed by atoms with Gasteiger partial charge >= 0.3 is 0 Å². The number of halogens is 1. The predicted molar refractivity (Wildman–Crippen MR) is 113 cm³/mol. The van der Waals surface area contributed by atoms with Crippen molar-refractivity contribution in [2.45, 2.75) is 18.4 Å². The van der Waals surface area contributed by atoms with Gasteiger partial charge in [0.05, 0.1) is 12.0 Å². The number of hydrogen-bond donors (Lipinski definition) is 1. The second kappa shape index (κ2) is 7.05. The van der Waals surface area contributed by atoms with E-state index in [1.165, 1.54) is 5.56 Å². The van der Waals surface area contributed by atoms with Crippen molar-refractivity contribution < 1.29 is 9.59 Å². The molecule has 2 aliphatic rings. The maximum atomic E-state index is 13.5. The molecule has 0 saturated heterocycles. The summed E-state index contributed by atoms with van der Waals surface area (Å²) in [4.78, 5) is 28.6. The summed E-state index contributed by atoms with van der Waals surface area (Å²) in [6, 6.07) is 22.3. The van der Waals surface area contributed by atoms with Crippen LogP contribution in [0, 0.1) is 0 Å². The van der Waals surface area contributed by atoms with Gasteiger partial charge in [0.15, 0.2) is 0 Å². The lowest BCUT2D eigenvalue weighted by Crippen LogP contribution is -2.49. The minimum Gasteiger partial charge on any atom is -0.330 e. The van der Waals surface area contributed by atoms with Crippen molar-refractivity contribution in [2.75, 3.05) is 11.9 Å². The van der Waals surface area contributed by atoms with Gasteiger partial charge in [-0.05, 0) is 47.4 Å². The third-order valence-electron chi connectivity index (χ3n) is 5.81. The summed E-state index contributed by atoms with van der Waals surface area (Å²) in [5, 5.41) is 3.57. The van der Waals surface area contributed by atoms with Crippen LogP contribution >= 0.6 is 11.6 Å². The Morgan fingerprint density at radius 1 is 0.966 bits per heavy atom. The molecule has 0 aliphatic carbocycles. The lowest BCUT2D eigenvalue weighted by molar-refractivity contribution is -0.119. The first-order valence-electron chi connectivity index (χ1n) is 9.67. The number of rotatable bonds is 2. The molecule has 0 spiro atoms. The van der Waals surface area contributed by atoms with Gasteiger partial charge < -0.3 is 10.2 Å². The molecule has 5 rings (SSSR count). The summed E-state index contributed by atoms with van der Waals surface area (Å²) in [5.41, 5.74) is 4.27. The van der Waals surface area contributed by atoms with Crippen molar-refractivity contribution >= 4 is 29.1 Å². The van der Waals surface area contributed by atoms with E-state index in [9.17, 15) is 9.59 Å². The summed E-state index contributed by atoms with van der Waals surface area (Å²) in [6.45, 7) is 0.607. The molecule has 29 heavy (non-hydrogen) atoms. The average molecular weight is 403 g/mol. The highest BCUT2D eigenvalue weighted by Gasteiger charge is 2.46. The fraction of sp³-hybridized carbons (Fsp3) is 0.167. The van der Waals surface area contributed by atoms with Crippen molar-refractivity contribution in [3.8, 4) is 0 Å². The number of nitrogens with one attached hydrogen (secondary N) is 1. The van der Waals surface area contributed by atoms with Gasteiger partial charge in [-0.3, -0.25) is 9.59 Å². The Morgan fingerprint density at radius 2 is 1.72 bits per heavy atom. The lowest BCUT2D eigenvalue weighted by Gasteiger charge is -2.45. The van der Waals surface area contributed by atoms with Crippen LogP contribution in [0.1, 0.15) is 39.0 Å². The molecule has 3 aromatic rings. The van der Waals surface area contributed by atoms with E-state index in [0.29, 0.717) is 22.8 Å². The van der Waals surface area contributed by atoms with Gasteiger partial charge in [-0.25, -0.2) is 0 Å². The van der Waals surface area contributed by atoms with Crippen LogP contribution in [0.2, 0.25) is 5.02 Å². The maximum Gasteiger partial charge on any atom is 0.254 e. The fourth-order valence-electron chi connectivity index (χ4n) is 4.54. The molecule has 0 aromatic heterocycles. The van der Waals surface area contributed by atoms with Crippen LogP contribution in [-0.2, 0) is 11.2 Å². The minimum absolute atomic E-state index is 0.00749. The summed E-state index contributed by atoms with van der Waals surface area (Å²) >= 11 is 6.09. The van der Waals surface area contributed by atoms with E-state index < -0.39 is 5.92 Å². The number of nitrogens with zero attached hydrogens (tertiary/aromatic N) is 1. The Bertz CT molecular complexity index is 1130. The molecule has 0 fully saturated rings. The van der Waals surface area contributed by atoms with Crippen molar-refractivity contribution in [2.24, 2.45) is 0 Å². The first-order chi connectivity index (χ1) is 14.1. The molecular weight excluding hydrogens is 384 g/mol. The highest BCUT2D eigenvalue weighted by Crippen LogP contribution is 2.46. The van der Waals surface area contributed by atoms with Gasteiger partial charge in [-0.2, -0.15) is 0 Å². The molecule has 0 bridgehead atoms. The summed E-state index contributed by atoms with van der Waals surface area (Å²) in [6.07, 6.45) is 0.795. The fourth-order valence-corrected chi connectivity index (χ4v) is 4.73. The van der Waals surface area contributed by atoms with Crippen molar-refractivity contribution in [1.82, 2.24) is 4.90 Å². The van der Waals surface area contributed by atoms with Crippen LogP contribution in [0.15, 0.2) is 72.8 Å². The van der Waals surface area contributed by atoms with Crippen LogP contribution in [0.5, 0.6) is 0 Å². The van der Waals surface area contributed by atoms with Crippen molar-refractivity contribution in [3.05, 3.63) is 100 Å². The minimum atomic E-state index is -0.496. The van der Waals surface area contributed by atoms with Crippen molar-refractivity contribution in [1.29, 1.82) is 0 Å². The average Bonchev–Trinajstić information content (AvgIpc) is 2.74. The van der Waals surface area contributed by atoms with Crippen molar-refractivity contribution in [3.63, 3.8) is 0 Å². The van der Waals surface area contributed by atoms with Crippen LogP contribution < -0.4 is 5.32 Å². The lowest BCUT2D eigenvalue weighted by atomic mass is 9.76. The molecule has 4 nitrogen and oxygen atoms in total. The third kappa shape index (κ3) is 3.00. The smallest absolute Gasteiger partial charge is 0.254 e. The van der Waals surface area contributed by atoms with Gasteiger partial charge in [0.1, 0.15) is 0 Å². The van der Waals surface area contributed by atoms with E-state index in [1.54, 1.807) is 18.2 Å². The van der Waals surface area contributed by atoms with E-state index in [2.05, 4.69) is 11.4 Å². The van der Waals surface area contributed by atoms with Gasteiger partial charge in [-0.15, -0.1) is 0 Å². The molecular formula is C24H19ClN2O2. The van der Waals surface area contributed by atoms with E-state index in [1.807, 2.05) is 53.4 Å². The number of benzene rings is 3. The van der Waals surface area contributed by atoms with Crippen LogP contribution in [0.25, 0.3) is 0 Å². The molecule has 2 heterocycles. The number of anilines is 1. The molecule has 2 amide bonds. The third-order valence-corrected chi connectivity index (χ3v) is 6.04. The monoisotopic (exact) mass is 402 g/mol. The number of carbonyl (C=O) groups is 2. The Kier molecular flexibility index (Phi) is 4.36. The zero-order valence-electron chi connectivity index (χ0n) is 15.6. The molecule has 5 heteroatoms. The number of carbonyl (C=O) groups excluding carboxylic acids is 2. The predicted octanol–water partition coefficient (Wildman–Crippen LogP) is 4.82. The van der Waals surface area contributed by atoms with Gasteiger partial charge in [0.25, 0.3) is 5.91 Å². The molecule has 3 aromatic carbocycles. The van der Waals surface area contributed by atoms with E-state index in [0.717, 1.165) is 17.5 Å². The number of amides is 2. The second-order valence-corrected chi connectivity index (χ2v) is 7.89. The molecule has 2 atom stereocenters. The Morgan fingerprint density at radius 3 is 2.55 bits per heavy atom. The Balaban J connectivity index is 1.63. The quantitative estimate of drug-likeness (QED) is 0.668. The first-order valence-corrected chi connectivity index (χ1v) is 10.1. The molecule has 1 N–H and O–H groups in total. The molecule has 144 valence electrons. The van der Waals surface area contributed by atoms with Gasteiger partial charge in [-0.1, -0.05) is 60.1 Å². The van der Waals surface area contributed by atoms with E-state index in [4.69, 9.17) is 11.6 Å². The summed E-state index contributed by atoms with van der Waals surface area (Å²) < 4.78 is 0. The van der Waals surface area contributed by atoms with E-state index in [-0.39, 0.29) is 17.9 Å². The molecule has 2 unspecified atom stereocenters. The highest BCUT2D eigenvalue weighted by atomic mass is 35.5. The van der Waals surface area contributed by atoms with Crippen LogP contribution in [0.4, 0.5) is 5.69 Å². The second-order valence-electron chi connectivity index (χ2n) is 7.46. The largest absolute Gasteiger partial charge is 0.330 e. The van der Waals surface area contributed by atoms with Gasteiger partial charge in [0.2, 0.25) is 5.91 Å². The zero-order valence-corrected chi connectivity index (χ0v) is 16.4. The van der Waals surface area contributed by atoms with Crippen LogP contribution in [0.3, 0.4) is 0 Å². The first kappa shape index (κ1) is 18.0. The Hall–Kier alpha value is -3.11. The summed E-state index contributed by atoms with van der Waals surface area (Å²) in [5.74, 6) is -0.643. The number of hydrogen-bond acceptors (Lipinski definition) is 2. The molecule has 0 saturated carbocycles. The van der Waals surface area contributed by atoms with E-state index >= 15 is 0 Å². The molecule has 2 aliphatic heterocycles. The number of fused-ring (bicyclic) bond motifs is 4. The normalized spacial score (nSPS) is 19.8. The maximum absolute atomic E-state index is 13.5. The SMILES string of the molecule is O=C(Nc1cccc(Cl)c1)C1c2ccccc2C(=O)N2CCc3ccccc3C12. The summed E-state index contributed by atoms with van der Waals surface area (Å²) in [7, 11) is 0. The molecule has 0 radical (unpaired) electrons. The van der Waals surface area contributed by atoms with Gasteiger partial charge in [0, 0.05) is 22.8 Å². The van der Waals surface area contributed by atoms with Crippen LogP contribution in [-0.4, -0.2) is 23.3 Å².